The van der Waals surface area contributed by atoms with Crippen molar-refractivity contribution in [2.45, 2.75) is 18.9 Å². The molecule has 0 aliphatic carbocycles. The van der Waals surface area contributed by atoms with Crippen molar-refractivity contribution in [1.29, 1.82) is 0 Å². The number of halogens is 1. The van der Waals surface area contributed by atoms with Crippen LogP contribution in [0.25, 0.3) is 11.2 Å². The van der Waals surface area contributed by atoms with E-state index in [1.165, 1.54) is 6.42 Å². The van der Waals surface area contributed by atoms with Gasteiger partial charge in [0.1, 0.15) is 0 Å². The van der Waals surface area contributed by atoms with Gasteiger partial charge >= 0.3 is 10.9 Å². The van der Waals surface area contributed by atoms with Gasteiger partial charge in [0.2, 0.25) is 5.52 Å². The quantitative estimate of drug-likeness (QED) is 0.685. The fraction of sp³-hybridized carbons (Fsp3) is 0.500. The highest BCUT2D eigenvalue weighted by Gasteiger charge is 2.19. The Morgan fingerprint density at radius 3 is 3.24 bits per heavy atom. The highest BCUT2D eigenvalue weighted by atomic mass is 35.5. The first-order chi connectivity index (χ1) is 8.33. The van der Waals surface area contributed by atoms with E-state index in [2.05, 4.69) is 30.6 Å². The Hall–Kier alpha value is -1.40. The molecule has 6 nitrogen and oxygen atoms in total. The van der Waals surface area contributed by atoms with Gasteiger partial charge < -0.3 is 10.6 Å². The molecule has 4 N–H and O–H groups in total. The van der Waals surface area contributed by atoms with Gasteiger partial charge in [-0.1, -0.05) is 4.98 Å². The molecule has 0 aromatic carbocycles. The lowest BCUT2D eigenvalue weighted by Crippen LogP contribution is -2.38. The zero-order valence-corrected chi connectivity index (χ0v) is 10.0. The first-order valence-corrected chi connectivity index (χ1v) is 6.10. The number of imidazole rings is 1. The van der Waals surface area contributed by atoms with Crippen LogP contribution in [0.5, 0.6) is 0 Å². The van der Waals surface area contributed by atoms with Gasteiger partial charge in [-0.2, -0.15) is 4.98 Å². The molecule has 0 radical (unpaired) electrons. The number of nitrogens with one attached hydrogen (secondary N) is 4. The summed E-state index contributed by atoms with van der Waals surface area (Å²) >= 11 is 5.89. The van der Waals surface area contributed by atoms with Crippen LogP contribution < -0.4 is 15.6 Å². The number of hydrogen-bond acceptors (Lipinski definition) is 4. The molecule has 1 aliphatic heterocycles. The third kappa shape index (κ3) is 2.18. The Bertz CT molecular complexity index is 518. The van der Waals surface area contributed by atoms with Crippen molar-refractivity contribution in [1.82, 2.24) is 20.3 Å². The van der Waals surface area contributed by atoms with Gasteiger partial charge in [0, 0.05) is 12.6 Å². The Kier molecular flexibility index (Phi) is 2.82. The molecular weight excluding hydrogens is 240 g/mol. The average molecular weight is 254 g/mol. The van der Waals surface area contributed by atoms with E-state index in [1.54, 1.807) is 6.33 Å². The van der Waals surface area contributed by atoms with Crippen molar-refractivity contribution in [3.05, 3.63) is 11.6 Å². The molecule has 0 saturated carbocycles. The smallest absolute Gasteiger partial charge is 0.306 e. The number of aromatic nitrogens is 4. The van der Waals surface area contributed by atoms with E-state index in [4.69, 9.17) is 11.6 Å². The molecule has 1 atom stereocenters. The van der Waals surface area contributed by atoms with Crippen LogP contribution in [-0.2, 0) is 0 Å². The van der Waals surface area contributed by atoms with Crippen LogP contribution in [-0.4, -0.2) is 34.1 Å². The van der Waals surface area contributed by atoms with E-state index in [-0.39, 0.29) is 5.28 Å². The zero-order chi connectivity index (χ0) is 11.7. The molecule has 2 aromatic heterocycles. The van der Waals surface area contributed by atoms with Gasteiger partial charge in [-0.15, -0.1) is 0 Å². The SMILES string of the molecule is Clc1nc(NC2CCCNC2)c2[nH]c[nH+]c2n1. The molecule has 3 heterocycles. The summed E-state index contributed by atoms with van der Waals surface area (Å²) in [5.41, 5.74) is 1.58. The maximum atomic E-state index is 5.89. The highest BCUT2D eigenvalue weighted by Crippen LogP contribution is 2.19. The molecule has 0 bridgehead atoms. The summed E-state index contributed by atoms with van der Waals surface area (Å²) < 4.78 is 0. The van der Waals surface area contributed by atoms with Crippen LogP contribution >= 0.6 is 11.6 Å². The molecule has 1 aliphatic rings. The second kappa shape index (κ2) is 4.46. The van der Waals surface area contributed by atoms with Crippen LogP contribution in [0.2, 0.25) is 5.28 Å². The van der Waals surface area contributed by atoms with Crippen molar-refractivity contribution < 1.29 is 4.98 Å². The van der Waals surface area contributed by atoms with Gasteiger partial charge in [-0.3, -0.25) is 4.98 Å². The predicted octanol–water partition coefficient (Wildman–Crippen LogP) is 0.589. The van der Waals surface area contributed by atoms with E-state index >= 15 is 0 Å². The third-order valence-electron chi connectivity index (χ3n) is 2.94. The number of fused-ring (bicyclic) bond motifs is 1. The minimum Gasteiger partial charge on any atom is -0.363 e. The van der Waals surface area contributed by atoms with Crippen molar-refractivity contribution in [2.24, 2.45) is 0 Å². The van der Waals surface area contributed by atoms with Gasteiger partial charge in [0.15, 0.2) is 12.1 Å². The number of aromatic amines is 2. The van der Waals surface area contributed by atoms with E-state index in [9.17, 15) is 0 Å². The van der Waals surface area contributed by atoms with Crippen LogP contribution in [0.3, 0.4) is 0 Å². The summed E-state index contributed by atoms with van der Waals surface area (Å²) in [6.45, 7) is 2.04. The summed E-state index contributed by atoms with van der Waals surface area (Å²) in [5, 5.41) is 7.01. The number of rotatable bonds is 2. The minimum atomic E-state index is 0.250. The average Bonchev–Trinajstić information content (AvgIpc) is 2.78. The van der Waals surface area contributed by atoms with Crippen molar-refractivity contribution >= 4 is 28.6 Å². The van der Waals surface area contributed by atoms with Gasteiger partial charge in [0.05, 0.1) is 0 Å². The van der Waals surface area contributed by atoms with Crippen LogP contribution in [0.1, 0.15) is 12.8 Å². The monoisotopic (exact) mass is 253 g/mol. The highest BCUT2D eigenvalue weighted by molar-refractivity contribution is 6.28. The topological polar surface area (TPSA) is 79.8 Å². The Morgan fingerprint density at radius 1 is 1.47 bits per heavy atom. The van der Waals surface area contributed by atoms with Crippen molar-refractivity contribution in [3.63, 3.8) is 0 Å². The third-order valence-corrected chi connectivity index (χ3v) is 3.11. The summed E-state index contributed by atoms with van der Waals surface area (Å²) in [5.74, 6) is 0.759. The van der Waals surface area contributed by atoms with Crippen molar-refractivity contribution in [3.8, 4) is 0 Å². The lowest BCUT2D eigenvalue weighted by atomic mass is 10.1. The van der Waals surface area contributed by atoms with Crippen LogP contribution in [0, 0.1) is 0 Å². The molecule has 0 amide bonds. The normalized spacial score (nSPS) is 20.6. The maximum absolute atomic E-state index is 5.89. The van der Waals surface area contributed by atoms with Crippen LogP contribution in [0.15, 0.2) is 6.33 Å². The van der Waals surface area contributed by atoms with E-state index in [0.717, 1.165) is 36.5 Å². The maximum Gasteiger partial charge on any atom is 0.306 e. The summed E-state index contributed by atoms with van der Waals surface area (Å²) in [7, 11) is 0. The fourth-order valence-corrected chi connectivity index (χ4v) is 2.29. The molecule has 1 saturated heterocycles. The fourth-order valence-electron chi connectivity index (χ4n) is 2.12. The first kappa shape index (κ1) is 10.7. The van der Waals surface area contributed by atoms with Crippen molar-refractivity contribution in [2.75, 3.05) is 18.4 Å². The Labute approximate surface area is 103 Å². The van der Waals surface area contributed by atoms with E-state index in [0.29, 0.717) is 6.04 Å². The Balaban J connectivity index is 1.90. The van der Waals surface area contributed by atoms with E-state index in [1.807, 2.05) is 0 Å². The van der Waals surface area contributed by atoms with Gasteiger partial charge in [-0.05, 0) is 31.0 Å². The first-order valence-electron chi connectivity index (χ1n) is 5.72. The van der Waals surface area contributed by atoms with Crippen LogP contribution in [0.4, 0.5) is 5.82 Å². The summed E-state index contributed by atoms with van der Waals surface area (Å²) in [4.78, 5) is 14.4. The summed E-state index contributed by atoms with van der Waals surface area (Å²) in [6.07, 6.45) is 4.04. The molecule has 0 spiro atoms. The van der Waals surface area contributed by atoms with Gasteiger partial charge in [-0.25, -0.2) is 4.98 Å². The molecule has 90 valence electrons. The number of piperidine rings is 1. The molecule has 3 rings (SSSR count). The second-order valence-corrected chi connectivity index (χ2v) is 4.52. The molecule has 1 fully saturated rings. The summed E-state index contributed by atoms with van der Waals surface area (Å²) in [6, 6.07) is 0.390. The number of H-pyrrole nitrogens is 2. The lowest BCUT2D eigenvalue weighted by Gasteiger charge is -2.23. The number of anilines is 1. The molecular formula is C10H14ClN6+. The minimum absolute atomic E-state index is 0.250. The predicted molar refractivity (Wildman–Crippen MR) is 65.0 cm³/mol. The molecule has 2 aromatic rings. The lowest BCUT2D eigenvalue weighted by molar-refractivity contribution is -0.347. The number of hydrogen-bond donors (Lipinski definition) is 3. The molecule has 7 heteroatoms. The standard InChI is InChI=1S/C10H13ClN6/c11-10-16-8-7(13-5-14-8)9(17-10)15-6-2-1-3-12-4-6/h5-6,12H,1-4H2,(H2,13,14,15,16,17)/p+1. The largest absolute Gasteiger partial charge is 0.363 e. The zero-order valence-electron chi connectivity index (χ0n) is 9.26. The Morgan fingerprint density at radius 2 is 2.41 bits per heavy atom. The molecule has 1 unspecified atom stereocenters. The second-order valence-electron chi connectivity index (χ2n) is 4.19. The number of nitrogens with zero attached hydrogens (tertiary/aromatic N) is 2. The van der Waals surface area contributed by atoms with E-state index < -0.39 is 0 Å². The molecule has 17 heavy (non-hydrogen) atoms. The van der Waals surface area contributed by atoms with Gasteiger partial charge in [0.25, 0.3) is 0 Å².